The summed E-state index contributed by atoms with van der Waals surface area (Å²) in [5, 5.41) is 1.38. The minimum absolute atomic E-state index is 0.107. The largest absolute Gasteiger partial charge is 0.495 e. The molecule has 0 spiro atoms. The van der Waals surface area contributed by atoms with E-state index < -0.39 is 10.0 Å². The maximum atomic E-state index is 12.6. The first-order chi connectivity index (χ1) is 12.4. The number of sulfonamides is 1. The molecular weight excluding hydrogens is 392 g/mol. The van der Waals surface area contributed by atoms with E-state index in [0.717, 1.165) is 21.1 Å². The Labute approximate surface area is 161 Å². The summed E-state index contributed by atoms with van der Waals surface area (Å²) >= 11 is 7.64. The van der Waals surface area contributed by atoms with Crippen LogP contribution >= 0.6 is 22.9 Å². The van der Waals surface area contributed by atoms with Crippen LogP contribution in [-0.2, 0) is 16.6 Å². The van der Waals surface area contributed by atoms with E-state index in [2.05, 4.69) is 9.71 Å². The SMILES string of the molecule is COc1ccccc1S(=O)(=O)NCc1sc(-c2ccccc2Cl)nc1C. The van der Waals surface area contributed by atoms with Gasteiger partial charge in [-0.1, -0.05) is 41.9 Å². The number of rotatable bonds is 6. The van der Waals surface area contributed by atoms with Crippen LogP contribution < -0.4 is 9.46 Å². The Balaban J connectivity index is 1.83. The molecule has 0 amide bonds. The lowest BCUT2D eigenvalue weighted by Gasteiger charge is -2.10. The Morgan fingerprint density at radius 1 is 1.15 bits per heavy atom. The summed E-state index contributed by atoms with van der Waals surface area (Å²) in [6, 6.07) is 13.9. The Hall–Kier alpha value is -1.93. The van der Waals surface area contributed by atoms with Gasteiger partial charge in [0.05, 0.1) is 17.8 Å². The molecule has 0 aliphatic rings. The first kappa shape index (κ1) is 18.8. The Morgan fingerprint density at radius 3 is 2.58 bits per heavy atom. The van der Waals surface area contributed by atoms with Crippen molar-refractivity contribution in [3.8, 4) is 16.3 Å². The van der Waals surface area contributed by atoms with Gasteiger partial charge >= 0.3 is 0 Å². The van der Waals surface area contributed by atoms with Gasteiger partial charge in [-0.25, -0.2) is 18.1 Å². The number of hydrogen-bond donors (Lipinski definition) is 1. The molecule has 0 saturated heterocycles. The summed E-state index contributed by atoms with van der Waals surface area (Å²) in [7, 11) is -2.26. The molecule has 1 aromatic heterocycles. The number of aryl methyl sites for hydroxylation is 1. The van der Waals surface area contributed by atoms with Crippen molar-refractivity contribution < 1.29 is 13.2 Å². The summed E-state index contributed by atoms with van der Waals surface area (Å²) in [5.41, 5.74) is 1.61. The van der Waals surface area contributed by atoms with Crippen molar-refractivity contribution in [1.82, 2.24) is 9.71 Å². The van der Waals surface area contributed by atoms with E-state index in [9.17, 15) is 8.42 Å². The van der Waals surface area contributed by atoms with Gasteiger partial charge in [0.15, 0.2) is 0 Å². The van der Waals surface area contributed by atoms with Crippen LogP contribution in [-0.4, -0.2) is 20.5 Å². The summed E-state index contributed by atoms with van der Waals surface area (Å²) < 4.78 is 33.0. The molecule has 26 heavy (non-hydrogen) atoms. The number of para-hydroxylation sites is 1. The summed E-state index contributed by atoms with van der Waals surface area (Å²) in [4.78, 5) is 5.46. The van der Waals surface area contributed by atoms with Crippen molar-refractivity contribution in [3.05, 3.63) is 64.1 Å². The molecule has 0 saturated carbocycles. The number of nitrogens with one attached hydrogen (secondary N) is 1. The molecule has 3 aromatic rings. The van der Waals surface area contributed by atoms with Gasteiger partial charge in [0, 0.05) is 17.0 Å². The molecule has 5 nitrogen and oxygen atoms in total. The summed E-state index contributed by atoms with van der Waals surface area (Å²) in [5.74, 6) is 0.304. The maximum Gasteiger partial charge on any atom is 0.244 e. The van der Waals surface area contributed by atoms with Crippen molar-refractivity contribution in [2.24, 2.45) is 0 Å². The minimum Gasteiger partial charge on any atom is -0.495 e. The zero-order valence-corrected chi connectivity index (χ0v) is 16.6. The molecule has 0 aliphatic carbocycles. The van der Waals surface area contributed by atoms with Crippen LogP contribution in [0.1, 0.15) is 10.6 Å². The number of methoxy groups -OCH3 is 1. The third kappa shape index (κ3) is 3.91. The van der Waals surface area contributed by atoms with Crippen LogP contribution in [0.25, 0.3) is 10.6 Å². The molecule has 0 fully saturated rings. The highest BCUT2D eigenvalue weighted by Gasteiger charge is 2.20. The van der Waals surface area contributed by atoms with E-state index in [4.69, 9.17) is 16.3 Å². The second-order valence-electron chi connectivity index (χ2n) is 5.48. The van der Waals surface area contributed by atoms with Crippen LogP contribution in [0.15, 0.2) is 53.4 Å². The van der Waals surface area contributed by atoms with Crippen LogP contribution in [0.4, 0.5) is 0 Å². The standard InChI is InChI=1S/C18H17ClN2O3S2/c1-12-16(25-18(21-12)13-7-3-4-8-14(13)19)11-20-26(22,23)17-10-6-5-9-15(17)24-2/h3-10,20H,11H2,1-2H3. The number of thiazole rings is 1. The quantitative estimate of drug-likeness (QED) is 0.661. The average molecular weight is 409 g/mol. The van der Waals surface area contributed by atoms with Crippen molar-refractivity contribution in [3.63, 3.8) is 0 Å². The van der Waals surface area contributed by atoms with Gasteiger partial charge in [-0.3, -0.25) is 0 Å². The van der Waals surface area contributed by atoms with E-state index in [1.165, 1.54) is 24.5 Å². The fraction of sp³-hybridized carbons (Fsp3) is 0.167. The second kappa shape index (κ2) is 7.75. The summed E-state index contributed by atoms with van der Waals surface area (Å²) in [6.45, 7) is 2.00. The number of benzene rings is 2. The van der Waals surface area contributed by atoms with Gasteiger partial charge < -0.3 is 4.74 Å². The van der Waals surface area contributed by atoms with Gasteiger partial charge in [0.1, 0.15) is 15.7 Å². The number of nitrogens with zero attached hydrogens (tertiary/aromatic N) is 1. The lowest BCUT2D eigenvalue weighted by molar-refractivity contribution is 0.402. The molecule has 0 unspecified atom stereocenters. The molecule has 0 aliphatic heterocycles. The lowest BCUT2D eigenvalue weighted by atomic mass is 10.2. The monoisotopic (exact) mass is 408 g/mol. The molecular formula is C18H17ClN2O3S2. The average Bonchev–Trinajstić information content (AvgIpc) is 3.01. The zero-order valence-electron chi connectivity index (χ0n) is 14.2. The van der Waals surface area contributed by atoms with E-state index in [1.807, 2.05) is 25.1 Å². The number of aromatic nitrogens is 1. The summed E-state index contributed by atoms with van der Waals surface area (Å²) in [6.07, 6.45) is 0. The normalized spacial score (nSPS) is 11.5. The second-order valence-corrected chi connectivity index (χ2v) is 8.71. The first-order valence-corrected chi connectivity index (χ1v) is 10.4. The Kier molecular flexibility index (Phi) is 5.62. The molecule has 0 bridgehead atoms. The van der Waals surface area contributed by atoms with Crippen LogP contribution in [0.5, 0.6) is 5.75 Å². The lowest BCUT2D eigenvalue weighted by Crippen LogP contribution is -2.23. The first-order valence-electron chi connectivity index (χ1n) is 7.76. The molecule has 0 radical (unpaired) electrons. The predicted molar refractivity (Wildman–Crippen MR) is 104 cm³/mol. The van der Waals surface area contributed by atoms with Gasteiger partial charge in [-0.05, 0) is 25.1 Å². The van der Waals surface area contributed by atoms with Crippen LogP contribution in [0, 0.1) is 6.92 Å². The topological polar surface area (TPSA) is 68.3 Å². The van der Waals surface area contributed by atoms with E-state index in [-0.39, 0.29) is 11.4 Å². The van der Waals surface area contributed by atoms with Crippen LogP contribution in [0.3, 0.4) is 0 Å². The van der Waals surface area contributed by atoms with Gasteiger partial charge in [0.2, 0.25) is 10.0 Å². The Morgan fingerprint density at radius 2 is 1.85 bits per heavy atom. The predicted octanol–water partition coefficient (Wildman–Crippen LogP) is 4.26. The molecule has 2 aromatic carbocycles. The highest BCUT2D eigenvalue weighted by Crippen LogP contribution is 2.33. The van der Waals surface area contributed by atoms with Crippen molar-refractivity contribution in [1.29, 1.82) is 0 Å². The van der Waals surface area contributed by atoms with Crippen molar-refractivity contribution >= 4 is 33.0 Å². The molecule has 1 heterocycles. The molecule has 8 heteroatoms. The number of halogens is 1. The highest BCUT2D eigenvalue weighted by molar-refractivity contribution is 7.89. The molecule has 3 rings (SSSR count). The minimum atomic E-state index is -3.70. The fourth-order valence-corrected chi connectivity index (χ4v) is 5.00. The Bertz CT molecular complexity index is 1030. The third-order valence-electron chi connectivity index (χ3n) is 3.78. The molecule has 136 valence electrons. The molecule has 1 N–H and O–H groups in total. The highest BCUT2D eigenvalue weighted by atomic mass is 35.5. The maximum absolute atomic E-state index is 12.6. The number of hydrogen-bond acceptors (Lipinski definition) is 5. The van der Waals surface area contributed by atoms with Crippen molar-refractivity contribution in [2.45, 2.75) is 18.4 Å². The zero-order chi connectivity index (χ0) is 18.7. The van der Waals surface area contributed by atoms with E-state index in [1.54, 1.807) is 24.3 Å². The van der Waals surface area contributed by atoms with Gasteiger partial charge in [-0.2, -0.15) is 0 Å². The smallest absolute Gasteiger partial charge is 0.244 e. The van der Waals surface area contributed by atoms with E-state index >= 15 is 0 Å². The number of ether oxygens (including phenoxy) is 1. The van der Waals surface area contributed by atoms with Gasteiger partial charge in [-0.15, -0.1) is 11.3 Å². The third-order valence-corrected chi connectivity index (χ3v) is 6.74. The van der Waals surface area contributed by atoms with E-state index in [0.29, 0.717) is 10.8 Å². The van der Waals surface area contributed by atoms with Crippen molar-refractivity contribution in [2.75, 3.05) is 7.11 Å². The molecule has 0 atom stereocenters. The van der Waals surface area contributed by atoms with Crippen LogP contribution in [0.2, 0.25) is 5.02 Å². The van der Waals surface area contributed by atoms with Gasteiger partial charge in [0.25, 0.3) is 0 Å². The fourth-order valence-electron chi connectivity index (χ4n) is 2.42.